The molecule has 0 aliphatic rings. The Hall–Kier alpha value is -0.360. The first kappa shape index (κ1) is 17.0. The zero-order chi connectivity index (χ0) is 15.6. The third kappa shape index (κ3) is 3.70. The average molecular weight is 436 g/mol. The van der Waals surface area contributed by atoms with Crippen LogP contribution in [-0.2, 0) is 0 Å². The average Bonchev–Trinajstić information content (AvgIpc) is 2.81. The molecule has 1 N–H and O–H groups in total. The normalized spacial score (nSPS) is 12.9. The van der Waals surface area contributed by atoms with E-state index >= 15 is 0 Å². The van der Waals surface area contributed by atoms with Gasteiger partial charge in [0.15, 0.2) is 0 Å². The van der Waals surface area contributed by atoms with Crippen LogP contribution in [0.15, 0.2) is 33.3 Å². The predicted molar refractivity (Wildman–Crippen MR) is 95.0 cm³/mol. The van der Waals surface area contributed by atoms with Crippen molar-refractivity contribution in [1.82, 2.24) is 15.1 Å². The quantitative estimate of drug-likeness (QED) is 0.687. The first-order valence-electron chi connectivity index (χ1n) is 6.87. The van der Waals surface area contributed by atoms with Gasteiger partial charge >= 0.3 is 0 Å². The third-order valence-corrected chi connectivity index (χ3v) is 4.73. The minimum atomic E-state index is -0.0146. The molecule has 1 aromatic carbocycles. The summed E-state index contributed by atoms with van der Waals surface area (Å²) in [5.74, 6) is 0. The summed E-state index contributed by atoms with van der Waals surface area (Å²) in [6.45, 7) is 7.13. The Morgan fingerprint density at radius 1 is 1.33 bits per heavy atom. The van der Waals surface area contributed by atoms with Gasteiger partial charge in [-0.15, -0.1) is 0 Å². The molecule has 0 bridgehead atoms. The fraction of sp³-hybridized carbons (Fsp3) is 0.400. The highest BCUT2D eigenvalue weighted by atomic mass is 79.9. The van der Waals surface area contributed by atoms with Crippen LogP contribution in [0.1, 0.15) is 44.1 Å². The number of nitrogens with one attached hydrogen (secondary N) is 1. The molecule has 0 aliphatic carbocycles. The van der Waals surface area contributed by atoms with Crippen LogP contribution in [0.25, 0.3) is 0 Å². The van der Waals surface area contributed by atoms with Crippen LogP contribution in [0.5, 0.6) is 0 Å². The van der Waals surface area contributed by atoms with Crippen molar-refractivity contribution >= 4 is 43.5 Å². The zero-order valence-electron chi connectivity index (χ0n) is 12.2. The van der Waals surface area contributed by atoms with E-state index in [0.717, 1.165) is 26.7 Å². The van der Waals surface area contributed by atoms with Gasteiger partial charge in [-0.3, -0.25) is 4.68 Å². The number of aromatic nitrogens is 2. The number of rotatable bonds is 5. The predicted octanol–water partition coefficient (Wildman–Crippen LogP) is 5.34. The molecule has 0 radical (unpaired) electrons. The van der Waals surface area contributed by atoms with Crippen molar-refractivity contribution in [2.24, 2.45) is 0 Å². The van der Waals surface area contributed by atoms with Gasteiger partial charge in [-0.2, -0.15) is 5.10 Å². The van der Waals surface area contributed by atoms with Gasteiger partial charge in [0.25, 0.3) is 0 Å². The Bertz CT molecular complexity index is 625. The maximum Gasteiger partial charge on any atom is 0.0837 e. The van der Waals surface area contributed by atoms with Crippen molar-refractivity contribution in [3.63, 3.8) is 0 Å². The Balaban J connectivity index is 2.59. The Labute approximate surface area is 147 Å². The molecular formula is C15H18Br2ClN3. The van der Waals surface area contributed by atoms with E-state index in [1.165, 1.54) is 0 Å². The van der Waals surface area contributed by atoms with Gasteiger partial charge in [-0.1, -0.05) is 50.4 Å². The molecule has 1 aromatic heterocycles. The number of hydrogen-bond acceptors (Lipinski definition) is 2. The highest BCUT2D eigenvalue weighted by Gasteiger charge is 2.24. The van der Waals surface area contributed by atoms with Crippen LogP contribution < -0.4 is 5.32 Å². The molecule has 1 unspecified atom stereocenters. The fourth-order valence-corrected chi connectivity index (χ4v) is 3.42. The molecule has 1 atom stereocenters. The first-order chi connectivity index (χ1) is 9.95. The van der Waals surface area contributed by atoms with Crippen LogP contribution in [0.4, 0.5) is 0 Å². The van der Waals surface area contributed by atoms with Crippen LogP contribution in [0, 0.1) is 0 Å². The molecule has 2 rings (SSSR count). The van der Waals surface area contributed by atoms with Crippen LogP contribution >= 0.6 is 43.5 Å². The molecule has 1 heterocycles. The van der Waals surface area contributed by atoms with Crippen molar-refractivity contribution in [2.75, 3.05) is 6.54 Å². The standard InChI is InChI=1S/C15H18Br2ClN3/c1-4-19-14(11-7-10(16)5-6-12(11)17)15-13(18)8-20-21(15)9(2)3/h5-9,14,19H,4H2,1-3H3. The molecule has 0 saturated heterocycles. The largest absolute Gasteiger partial charge is 0.305 e. The molecule has 3 nitrogen and oxygen atoms in total. The van der Waals surface area contributed by atoms with Crippen LogP contribution in [0.2, 0.25) is 5.02 Å². The monoisotopic (exact) mass is 433 g/mol. The number of benzene rings is 1. The molecule has 0 amide bonds. The summed E-state index contributed by atoms with van der Waals surface area (Å²) in [4.78, 5) is 0. The van der Waals surface area contributed by atoms with Gasteiger partial charge < -0.3 is 5.32 Å². The highest BCUT2D eigenvalue weighted by molar-refractivity contribution is 9.11. The molecule has 21 heavy (non-hydrogen) atoms. The topological polar surface area (TPSA) is 29.9 Å². The summed E-state index contributed by atoms with van der Waals surface area (Å²) in [7, 11) is 0. The van der Waals surface area contributed by atoms with Gasteiger partial charge in [-0.05, 0) is 44.2 Å². The molecular weight excluding hydrogens is 417 g/mol. The zero-order valence-corrected chi connectivity index (χ0v) is 16.1. The summed E-state index contributed by atoms with van der Waals surface area (Å²) in [6.07, 6.45) is 1.72. The van der Waals surface area contributed by atoms with E-state index in [2.05, 4.69) is 69.1 Å². The van der Waals surface area contributed by atoms with E-state index in [1.54, 1.807) is 6.20 Å². The lowest BCUT2D eigenvalue weighted by molar-refractivity contribution is 0.476. The van der Waals surface area contributed by atoms with Crippen molar-refractivity contribution in [3.05, 3.63) is 49.6 Å². The second-order valence-electron chi connectivity index (χ2n) is 5.07. The smallest absolute Gasteiger partial charge is 0.0837 e. The first-order valence-corrected chi connectivity index (χ1v) is 8.83. The minimum Gasteiger partial charge on any atom is -0.305 e. The summed E-state index contributed by atoms with van der Waals surface area (Å²) in [5, 5.41) is 8.60. The van der Waals surface area contributed by atoms with Crippen molar-refractivity contribution in [1.29, 1.82) is 0 Å². The number of nitrogens with zero attached hydrogens (tertiary/aromatic N) is 2. The number of hydrogen-bond donors (Lipinski definition) is 1. The third-order valence-electron chi connectivity index (χ3n) is 3.23. The molecule has 114 valence electrons. The van der Waals surface area contributed by atoms with Crippen molar-refractivity contribution in [3.8, 4) is 0 Å². The van der Waals surface area contributed by atoms with Crippen molar-refractivity contribution in [2.45, 2.75) is 32.9 Å². The van der Waals surface area contributed by atoms with Gasteiger partial charge in [0.2, 0.25) is 0 Å². The van der Waals surface area contributed by atoms with Crippen LogP contribution in [0.3, 0.4) is 0 Å². The molecule has 0 spiro atoms. The van der Waals surface area contributed by atoms with Gasteiger partial charge in [-0.25, -0.2) is 0 Å². The lowest BCUT2D eigenvalue weighted by atomic mass is 10.0. The lowest BCUT2D eigenvalue weighted by Crippen LogP contribution is -2.26. The van der Waals surface area contributed by atoms with Gasteiger partial charge in [0.1, 0.15) is 0 Å². The second kappa shape index (κ2) is 7.27. The highest BCUT2D eigenvalue weighted by Crippen LogP contribution is 2.35. The van der Waals surface area contributed by atoms with E-state index in [1.807, 2.05) is 16.8 Å². The summed E-state index contributed by atoms with van der Waals surface area (Å²) in [6, 6.07) is 6.38. The molecule has 0 aliphatic heterocycles. The van der Waals surface area contributed by atoms with E-state index in [0.29, 0.717) is 5.02 Å². The maximum absolute atomic E-state index is 6.41. The van der Waals surface area contributed by atoms with E-state index in [-0.39, 0.29) is 12.1 Å². The van der Waals surface area contributed by atoms with E-state index in [9.17, 15) is 0 Å². The molecule has 6 heteroatoms. The second-order valence-corrected chi connectivity index (χ2v) is 7.25. The van der Waals surface area contributed by atoms with Gasteiger partial charge in [0, 0.05) is 15.0 Å². The van der Waals surface area contributed by atoms with E-state index < -0.39 is 0 Å². The Morgan fingerprint density at radius 2 is 2.05 bits per heavy atom. The SMILES string of the molecule is CCNC(c1cc(Br)ccc1Br)c1c(Cl)cnn1C(C)C. The van der Waals surface area contributed by atoms with E-state index in [4.69, 9.17) is 11.6 Å². The molecule has 0 fully saturated rings. The van der Waals surface area contributed by atoms with Crippen molar-refractivity contribution < 1.29 is 0 Å². The lowest BCUT2D eigenvalue weighted by Gasteiger charge is -2.23. The number of halogens is 3. The van der Waals surface area contributed by atoms with Gasteiger partial charge in [0.05, 0.1) is 23.0 Å². The fourth-order valence-electron chi connectivity index (χ4n) is 2.33. The Morgan fingerprint density at radius 3 is 2.67 bits per heavy atom. The minimum absolute atomic E-state index is 0.0146. The van der Waals surface area contributed by atoms with Crippen LogP contribution in [-0.4, -0.2) is 16.3 Å². The molecule has 0 saturated carbocycles. The summed E-state index contributed by atoms with van der Waals surface area (Å²) < 4.78 is 4.06. The summed E-state index contributed by atoms with van der Waals surface area (Å²) >= 11 is 13.6. The Kier molecular flexibility index (Phi) is 5.88. The summed E-state index contributed by atoms with van der Waals surface area (Å²) in [5.41, 5.74) is 2.13. The maximum atomic E-state index is 6.41. The molecule has 2 aromatic rings.